The van der Waals surface area contributed by atoms with Gasteiger partial charge in [0.2, 0.25) is 0 Å². The summed E-state index contributed by atoms with van der Waals surface area (Å²) in [6.45, 7) is 0.704. The van der Waals surface area contributed by atoms with E-state index in [4.69, 9.17) is 5.73 Å². The van der Waals surface area contributed by atoms with Crippen molar-refractivity contribution in [3.8, 4) is 0 Å². The number of hydrogen-bond acceptors (Lipinski definition) is 3. The summed E-state index contributed by atoms with van der Waals surface area (Å²) in [7, 11) is 0. The zero-order valence-corrected chi connectivity index (χ0v) is 11.2. The van der Waals surface area contributed by atoms with E-state index in [1.165, 1.54) is 0 Å². The van der Waals surface area contributed by atoms with Crippen molar-refractivity contribution >= 4 is 22.4 Å². The Morgan fingerprint density at radius 3 is 2.70 bits per heavy atom. The fraction of sp³-hybridized carbons (Fsp3) is 0.312. The summed E-state index contributed by atoms with van der Waals surface area (Å²) in [6.07, 6.45) is 1.79. The van der Waals surface area contributed by atoms with E-state index in [2.05, 4.69) is 0 Å². The van der Waals surface area contributed by atoms with Crippen LogP contribution in [0.15, 0.2) is 36.4 Å². The minimum absolute atomic E-state index is 0.0131. The van der Waals surface area contributed by atoms with Gasteiger partial charge in [-0.1, -0.05) is 24.3 Å². The van der Waals surface area contributed by atoms with E-state index < -0.39 is 0 Å². The molecule has 1 heterocycles. The van der Waals surface area contributed by atoms with E-state index in [-0.39, 0.29) is 18.6 Å². The highest BCUT2D eigenvalue weighted by atomic mass is 16.3. The number of nitrogens with two attached hydrogens (primary N) is 1. The van der Waals surface area contributed by atoms with Gasteiger partial charge < -0.3 is 15.7 Å². The predicted octanol–water partition coefficient (Wildman–Crippen LogP) is 2.02. The Morgan fingerprint density at radius 1 is 1.30 bits per heavy atom. The summed E-state index contributed by atoms with van der Waals surface area (Å²) in [5, 5.41) is 11.4. The summed E-state index contributed by atoms with van der Waals surface area (Å²) >= 11 is 0. The average molecular weight is 270 g/mol. The van der Waals surface area contributed by atoms with Crippen LogP contribution in [0.5, 0.6) is 0 Å². The van der Waals surface area contributed by atoms with E-state index in [9.17, 15) is 9.90 Å². The van der Waals surface area contributed by atoms with E-state index in [0.717, 1.165) is 23.6 Å². The Hall–Kier alpha value is -2.07. The van der Waals surface area contributed by atoms with Crippen LogP contribution in [0.4, 0.5) is 5.69 Å². The van der Waals surface area contributed by atoms with Crippen molar-refractivity contribution in [2.45, 2.75) is 18.9 Å². The lowest BCUT2D eigenvalue weighted by Gasteiger charge is -2.23. The maximum absolute atomic E-state index is 12.6. The molecule has 1 saturated heterocycles. The van der Waals surface area contributed by atoms with Crippen LogP contribution in [0.1, 0.15) is 23.2 Å². The van der Waals surface area contributed by atoms with Crippen LogP contribution in [0.3, 0.4) is 0 Å². The topological polar surface area (TPSA) is 66.6 Å². The number of rotatable bonds is 2. The van der Waals surface area contributed by atoms with Crippen LogP contribution in [0, 0.1) is 0 Å². The van der Waals surface area contributed by atoms with Gasteiger partial charge in [0.15, 0.2) is 0 Å². The first kappa shape index (κ1) is 12.9. The number of carbonyl (C=O) groups excluding carboxylic acids is 1. The summed E-state index contributed by atoms with van der Waals surface area (Å²) in [4.78, 5) is 14.4. The maximum atomic E-state index is 12.6. The van der Waals surface area contributed by atoms with E-state index >= 15 is 0 Å². The summed E-state index contributed by atoms with van der Waals surface area (Å²) in [6, 6.07) is 11.5. The van der Waals surface area contributed by atoms with Crippen molar-refractivity contribution in [1.29, 1.82) is 0 Å². The molecule has 1 aliphatic rings. The van der Waals surface area contributed by atoms with Gasteiger partial charge >= 0.3 is 0 Å². The Labute approximate surface area is 117 Å². The fourth-order valence-electron chi connectivity index (χ4n) is 2.89. The number of amides is 1. The van der Waals surface area contributed by atoms with E-state index in [0.29, 0.717) is 17.8 Å². The summed E-state index contributed by atoms with van der Waals surface area (Å²) in [5.74, 6) is -0.0789. The number of nitrogens with zero attached hydrogens (tertiary/aromatic N) is 1. The smallest absolute Gasteiger partial charge is 0.256 e. The zero-order valence-electron chi connectivity index (χ0n) is 11.2. The lowest BCUT2D eigenvalue weighted by atomic mass is 10.0. The monoisotopic (exact) mass is 270 g/mol. The van der Waals surface area contributed by atoms with Crippen LogP contribution >= 0.6 is 0 Å². The molecule has 1 aliphatic heterocycles. The molecule has 2 aromatic carbocycles. The third-order valence-corrected chi connectivity index (χ3v) is 4.00. The molecule has 1 unspecified atom stereocenters. The van der Waals surface area contributed by atoms with Crippen molar-refractivity contribution in [2.75, 3.05) is 18.9 Å². The van der Waals surface area contributed by atoms with Crippen LogP contribution < -0.4 is 5.73 Å². The Morgan fingerprint density at radius 2 is 2.00 bits per heavy atom. The molecule has 4 nitrogen and oxygen atoms in total. The number of anilines is 1. The number of hydrogen-bond donors (Lipinski definition) is 2. The second-order valence-corrected chi connectivity index (χ2v) is 5.26. The molecule has 1 fully saturated rings. The lowest BCUT2D eigenvalue weighted by Crippen LogP contribution is -2.37. The van der Waals surface area contributed by atoms with Gasteiger partial charge in [-0.25, -0.2) is 0 Å². The molecule has 1 amide bonds. The standard InChI is InChI=1S/C16H18N2O2/c17-15-9-12-5-2-1-4-11(12)8-14(15)16(20)18-7-3-6-13(18)10-19/h1-2,4-5,8-9,13,19H,3,6-7,10,17H2. The van der Waals surface area contributed by atoms with Gasteiger partial charge in [-0.3, -0.25) is 4.79 Å². The van der Waals surface area contributed by atoms with Crippen molar-refractivity contribution in [3.63, 3.8) is 0 Å². The number of likely N-dealkylation sites (tertiary alicyclic amines) is 1. The number of carbonyl (C=O) groups is 1. The third-order valence-electron chi connectivity index (χ3n) is 4.00. The maximum Gasteiger partial charge on any atom is 0.256 e. The second-order valence-electron chi connectivity index (χ2n) is 5.26. The highest BCUT2D eigenvalue weighted by Gasteiger charge is 2.29. The lowest BCUT2D eigenvalue weighted by molar-refractivity contribution is 0.0679. The fourth-order valence-corrected chi connectivity index (χ4v) is 2.89. The number of nitrogen functional groups attached to an aromatic ring is 1. The Balaban J connectivity index is 2.01. The molecule has 3 N–H and O–H groups in total. The van der Waals surface area contributed by atoms with Crippen LogP contribution in [-0.2, 0) is 0 Å². The molecular formula is C16H18N2O2. The first-order valence-electron chi connectivity index (χ1n) is 6.91. The van der Waals surface area contributed by atoms with Gasteiger partial charge in [0.1, 0.15) is 0 Å². The number of aliphatic hydroxyl groups is 1. The third kappa shape index (κ3) is 2.12. The molecule has 0 saturated carbocycles. The molecule has 0 aliphatic carbocycles. The van der Waals surface area contributed by atoms with Crippen LogP contribution in [0.25, 0.3) is 10.8 Å². The molecule has 4 heteroatoms. The largest absolute Gasteiger partial charge is 0.398 e. The molecule has 0 spiro atoms. The van der Waals surface area contributed by atoms with Crippen molar-refractivity contribution in [3.05, 3.63) is 42.0 Å². The number of fused-ring (bicyclic) bond motifs is 1. The first-order chi connectivity index (χ1) is 9.70. The van der Waals surface area contributed by atoms with E-state index in [1.807, 2.05) is 36.4 Å². The highest BCUT2D eigenvalue weighted by molar-refractivity contribution is 6.04. The van der Waals surface area contributed by atoms with Gasteiger partial charge in [-0.2, -0.15) is 0 Å². The predicted molar refractivity (Wildman–Crippen MR) is 79.5 cm³/mol. The highest BCUT2D eigenvalue weighted by Crippen LogP contribution is 2.26. The van der Waals surface area contributed by atoms with Crippen molar-refractivity contribution in [1.82, 2.24) is 4.90 Å². The number of benzene rings is 2. The quantitative estimate of drug-likeness (QED) is 0.820. The second kappa shape index (κ2) is 5.13. The van der Waals surface area contributed by atoms with Gasteiger partial charge in [0.25, 0.3) is 5.91 Å². The average Bonchev–Trinajstić information content (AvgIpc) is 2.94. The summed E-state index contributed by atoms with van der Waals surface area (Å²) < 4.78 is 0. The molecular weight excluding hydrogens is 252 g/mol. The molecule has 0 bridgehead atoms. The van der Waals surface area contributed by atoms with E-state index in [1.54, 1.807) is 4.90 Å². The van der Waals surface area contributed by atoms with Crippen LogP contribution in [0.2, 0.25) is 0 Å². The molecule has 1 atom stereocenters. The Kier molecular flexibility index (Phi) is 3.32. The normalized spacial score (nSPS) is 18.6. The molecule has 0 radical (unpaired) electrons. The minimum Gasteiger partial charge on any atom is -0.398 e. The molecule has 3 rings (SSSR count). The van der Waals surface area contributed by atoms with Gasteiger partial charge in [0.05, 0.1) is 18.2 Å². The van der Waals surface area contributed by atoms with Crippen molar-refractivity contribution in [2.24, 2.45) is 0 Å². The Bertz CT molecular complexity index is 654. The zero-order chi connectivity index (χ0) is 14.1. The van der Waals surface area contributed by atoms with Crippen molar-refractivity contribution < 1.29 is 9.90 Å². The van der Waals surface area contributed by atoms with Gasteiger partial charge in [-0.15, -0.1) is 0 Å². The summed E-state index contributed by atoms with van der Waals surface area (Å²) in [5.41, 5.74) is 7.06. The number of aliphatic hydroxyl groups excluding tert-OH is 1. The van der Waals surface area contributed by atoms with Gasteiger partial charge in [-0.05, 0) is 35.7 Å². The van der Waals surface area contributed by atoms with Gasteiger partial charge in [0, 0.05) is 12.2 Å². The first-order valence-corrected chi connectivity index (χ1v) is 6.91. The molecule has 20 heavy (non-hydrogen) atoms. The van der Waals surface area contributed by atoms with Crippen LogP contribution in [-0.4, -0.2) is 35.1 Å². The molecule has 2 aromatic rings. The minimum atomic E-state index is -0.0789. The SMILES string of the molecule is Nc1cc2ccccc2cc1C(=O)N1CCCC1CO. The molecule has 0 aromatic heterocycles. The molecule has 104 valence electrons.